The Balaban J connectivity index is 2.25. The summed E-state index contributed by atoms with van der Waals surface area (Å²) in [7, 11) is 0. The molecule has 0 saturated carbocycles. The molecule has 0 bridgehead atoms. The minimum atomic E-state index is 0.00354. The predicted octanol–water partition coefficient (Wildman–Crippen LogP) is 3.47. The molecule has 19 heavy (non-hydrogen) atoms. The Labute approximate surface area is 121 Å². The maximum absolute atomic E-state index is 9.05. The van der Waals surface area contributed by atoms with Gasteiger partial charge in [0.05, 0.1) is 5.39 Å². The molecule has 0 radical (unpaired) electrons. The monoisotopic (exact) mass is 299 g/mol. The Kier molecular flexibility index (Phi) is 4.28. The molecule has 2 heterocycles. The van der Waals surface area contributed by atoms with Crippen LogP contribution < -0.4 is 5.32 Å². The summed E-state index contributed by atoms with van der Waals surface area (Å²) >= 11 is 7.56. The molecular formula is C13H18ClN3OS. The summed E-state index contributed by atoms with van der Waals surface area (Å²) in [6.45, 7) is 7.17. The Morgan fingerprint density at radius 1 is 1.42 bits per heavy atom. The highest BCUT2D eigenvalue weighted by atomic mass is 35.5. The van der Waals surface area contributed by atoms with E-state index in [0.29, 0.717) is 0 Å². The molecule has 0 saturated heterocycles. The van der Waals surface area contributed by atoms with E-state index in [4.69, 9.17) is 16.7 Å². The summed E-state index contributed by atoms with van der Waals surface area (Å²) in [4.78, 5) is 10.6. The number of aliphatic hydroxyl groups excluding tert-OH is 1. The standard InChI is InChI=1S/C13H18ClN3OS/c1-8-6-9-10(15-7-13(2,3)4-5-18)16-12(14)17-11(9)19-8/h6,18H,4-5,7H2,1-3H3,(H,15,16,17). The molecule has 0 aliphatic carbocycles. The first-order valence-electron chi connectivity index (χ1n) is 6.20. The molecule has 2 aromatic rings. The van der Waals surface area contributed by atoms with Crippen LogP contribution in [0.25, 0.3) is 10.2 Å². The Hall–Kier alpha value is -0.910. The smallest absolute Gasteiger partial charge is 0.225 e. The number of anilines is 1. The third-order valence-corrected chi connectivity index (χ3v) is 4.13. The highest BCUT2D eigenvalue weighted by Crippen LogP contribution is 2.30. The second-order valence-corrected chi connectivity index (χ2v) is 6.98. The number of halogens is 1. The fourth-order valence-electron chi connectivity index (χ4n) is 1.86. The zero-order valence-electron chi connectivity index (χ0n) is 11.3. The van der Waals surface area contributed by atoms with Gasteiger partial charge in [0.25, 0.3) is 0 Å². The van der Waals surface area contributed by atoms with Crippen LogP contribution >= 0.6 is 22.9 Å². The number of nitrogens with zero attached hydrogens (tertiary/aromatic N) is 2. The number of aliphatic hydroxyl groups is 1. The van der Waals surface area contributed by atoms with E-state index in [1.165, 1.54) is 4.88 Å². The molecular weight excluding hydrogens is 282 g/mol. The first-order chi connectivity index (χ1) is 8.91. The molecule has 0 atom stereocenters. The van der Waals surface area contributed by atoms with Crippen molar-refractivity contribution in [2.24, 2.45) is 5.41 Å². The van der Waals surface area contributed by atoms with Gasteiger partial charge in [0.2, 0.25) is 5.28 Å². The molecule has 2 rings (SSSR count). The minimum absolute atomic E-state index is 0.00354. The van der Waals surface area contributed by atoms with Crippen LogP contribution in [0.15, 0.2) is 6.07 Å². The highest BCUT2D eigenvalue weighted by Gasteiger charge is 2.18. The van der Waals surface area contributed by atoms with Crippen molar-refractivity contribution in [3.63, 3.8) is 0 Å². The molecule has 2 N–H and O–H groups in total. The first kappa shape index (κ1) is 14.5. The normalized spacial score (nSPS) is 12.1. The number of thiophene rings is 1. The fourth-order valence-corrected chi connectivity index (χ4v) is 2.96. The lowest BCUT2D eigenvalue weighted by Gasteiger charge is -2.24. The number of rotatable bonds is 5. The van der Waals surface area contributed by atoms with Crippen LogP contribution in [0.5, 0.6) is 0 Å². The molecule has 4 nitrogen and oxygen atoms in total. The number of nitrogens with one attached hydrogen (secondary N) is 1. The van der Waals surface area contributed by atoms with E-state index in [2.05, 4.69) is 35.2 Å². The summed E-state index contributed by atoms with van der Waals surface area (Å²) in [6.07, 6.45) is 0.741. The van der Waals surface area contributed by atoms with Crippen LogP contribution in [0.2, 0.25) is 5.28 Å². The molecule has 0 aromatic carbocycles. The lowest BCUT2D eigenvalue weighted by Crippen LogP contribution is -2.24. The van der Waals surface area contributed by atoms with E-state index in [1.54, 1.807) is 11.3 Å². The molecule has 0 unspecified atom stereocenters. The number of hydrogen-bond donors (Lipinski definition) is 2. The van der Waals surface area contributed by atoms with Crippen LogP contribution in [0.4, 0.5) is 5.82 Å². The van der Waals surface area contributed by atoms with Crippen molar-refractivity contribution >= 4 is 39.0 Å². The molecule has 0 amide bonds. The second kappa shape index (κ2) is 5.61. The van der Waals surface area contributed by atoms with E-state index in [1.807, 2.05) is 6.92 Å². The lowest BCUT2D eigenvalue weighted by molar-refractivity contribution is 0.220. The van der Waals surface area contributed by atoms with E-state index in [0.717, 1.165) is 29.0 Å². The molecule has 0 fully saturated rings. The maximum atomic E-state index is 9.05. The summed E-state index contributed by atoms with van der Waals surface area (Å²) in [5, 5.41) is 13.6. The van der Waals surface area contributed by atoms with Crippen LogP contribution in [-0.4, -0.2) is 28.2 Å². The molecule has 0 aliphatic heterocycles. The zero-order chi connectivity index (χ0) is 14.0. The number of fused-ring (bicyclic) bond motifs is 1. The van der Waals surface area contributed by atoms with E-state index >= 15 is 0 Å². The minimum Gasteiger partial charge on any atom is -0.396 e. The van der Waals surface area contributed by atoms with Gasteiger partial charge in [0, 0.05) is 18.0 Å². The van der Waals surface area contributed by atoms with Crippen molar-refractivity contribution in [3.8, 4) is 0 Å². The Bertz CT molecular complexity index is 583. The quantitative estimate of drug-likeness (QED) is 0.830. The zero-order valence-corrected chi connectivity index (χ0v) is 12.9. The van der Waals surface area contributed by atoms with E-state index in [-0.39, 0.29) is 17.3 Å². The van der Waals surface area contributed by atoms with Crippen molar-refractivity contribution in [1.82, 2.24) is 9.97 Å². The van der Waals surface area contributed by atoms with E-state index in [9.17, 15) is 0 Å². The van der Waals surface area contributed by atoms with E-state index < -0.39 is 0 Å². The van der Waals surface area contributed by atoms with Gasteiger partial charge in [-0.15, -0.1) is 11.3 Å². The summed E-state index contributed by atoms with van der Waals surface area (Å²) in [5.41, 5.74) is 0.00354. The number of hydrogen-bond acceptors (Lipinski definition) is 5. The summed E-state index contributed by atoms with van der Waals surface area (Å²) in [6, 6.07) is 2.07. The summed E-state index contributed by atoms with van der Waals surface area (Å²) in [5.74, 6) is 0.769. The van der Waals surface area contributed by atoms with Gasteiger partial charge in [-0.1, -0.05) is 13.8 Å². The van der Waals surface area contributed by atoms with Crippen molar-refractivity contribution in [2.45, 2.75) is 27.2 Å². The van der Waals surface area contributed by atoms with Gasteiger partial charge in [0.15, 0.2) is 0 Å². The Morgan fingerprint density at radius 3 is 2.84 bits per heavy atom. The first-order valence-corrected chi connectivity index (χ1v) is 7.39. The van der Waals surface area contributed by atoms with Gasteiger partial charge in [-0.05, 0) is 36.4 Å². The highest BCUT2D eigenvalue weighted by molar-refractivity contribution is 7.18. The van der Waals surface area contributed by atoms with Crippen molar-refractivity contribution in [3.05, 3.63) is 16.2 Å². The third kappa shape index (κ3) is 3.55. The maximum Gasteiger partial charge on any atom is 0.225 e. The average molecular weight is 300 g/mol. The van der Waals surface area contributed by atoms with Crippen molar-refractivity contribution in [1.29, 1.82) is 0 Å². The number of aromatic nitrogens is 2. The topological polar surface area (TPSA) is 58.0 Å². The van der Waals surface area contributed by atoms with Crippen LogP contribution in [0, 0.1) is 12.3 Å². The average Bonchev–Trinajstić information content (AvgIpc) is 2.66. The molecule has 104 valence electrons. The Morgan fingerprint density at radius 2 is 2.16 bits per heavy atom. The second-order valence-electron chi connectivity index (χ2n) is 5.41. The van der Waals surface area contributed by atoms with Gasteiger partial charge < -0.3 is 10.4 Å². The van der Waals surface area contributed by atoms with Crippen LogP contribution in [0.3, 0.4) is 0 Å². The fraction of sp³-hybridized carbons (Fsp3) is 0.538. The molecule has 6 heteroatoms. The van der Waals surface area contributed by atoms with Crippen molar-refractivity contribution < 1.29 is 5.11 Å². The molecule has 2 aromatic heterocycles. The SMILES string of the molecule is Cc1cc2c(NCC(C)(C)CCO)nc(Cl)nc2s1. The lowest BCUT2D eigenvalue weighted by atomic mass is 9.90. The van der Waals surface area contributed by atoms with Gasteiger partial charge >= 0.3 is 0 Å². The van der Waals surface area contributed by atoms with Crippen LogP contribution in [0.1, 0.15) is 25.1 Å². The third-order valence-electron chi connectivity index (χ3n) is 3.01. The number of aryl methyl sites for hydroxylation is 1. The van der Waals surface area contributed by atoms with Crippen LogP contribution in [-0.2, 0) is 0 Å². The van der Waals surface area contributed by atoms with Gasteiger partial charge in [-0.3, -0.25) is 0 Å². The molecule has 0 spiro atoms. The predicted molar refractivity (Wildman–Crippen MR) is 81.1 cm³/mol. The summed E-state index contributed by atoms with van der Waals surface area (Å²) < 4.78 is 0. The molecule has 0 aliphatic rings. The van der Waals surface area contributed by atoms with Gasteiger partial charge in [-0.2, -0.15) is 0 Å². The van der Waals surface area contributed by atoms with Gasteiger partial charge in [0.1, 0.15) is 10.6 Å². The van der Waals surface area contributed by atoms with Crippen molar-refractivity contribution in [2.75, 3.05) is 18.5 Å². The van der Waals surface area contributed by atoms with Gasteiger partial charge in [-0.25, -0.2) is 9.97 Å². The largest absolute Gasteiger partial charge is 0.396 e.